The minimum atomic E-state index is -0.297. The van der Waals surface area contributed by atoms with E-state index in [1.54, 1.807) is 12.1 Å². The van der Waals surface area contributed by atoms with Gasteiger partial charge in [-0.05, 0) is 49.1 Å². The summed E-state index contributed by atoms with van der Waals surface area (Å²) in [7, 11) is 0. The Morgan fingerprint density at radius 1 is 1.11 bits per heavy atom. The van der Waals surface area contributed by atoms with Crippen LogP contribution in [0.2, 0.25) is 5.02 Å². The third-order valence-corrected chi connectivity index (χ3v) is 3.75. The Morgan fingerprint density at radius 3 is 2.26 bits per heavy atom. The molecule has 2 rings (SSSR count). The quantitative estimate of drug-likeness (QED) is 0.887. The molecule has 0 saturated heterocycles. The van der Waals surface area contributed by atoms with E-state index in [1.807, 2.05) is 32.0 Å². The highest BCUT2D eigenvalue weighted by Crippen LogP contribution is 2.27. The molecular formula is C16H17ClFN. The zero-order valence-electron chi connectivity index (χ0n) is 11.1. The number of hydrogen-bond donors (Lipinski definition) is 1. The largest absolute Gasteiger partial charge is 0.324 e. The van der Waals surface area contributed by atoms with Crippen LogP contribution in [-0.4, -0.2) is 0 Å². The van der Waals surface area contributed by atoms with Crippen molar-refractivity contribution in [1.82, 2.24) is 0 Å². The number of rotatable bonds is 3. The first-order valence-electron chi connectivity index (χ1n) is 6.25. The Morgan fingerprint density at radius 2 is 1.68 bits per heavy atom. The van der Waals surface area contributed by atoms with Crippen molar-refractivity contribution < 1.29 is 4.39 Å². The Balaban J connectivity index is 2.34. The van der Waals surface area contributed by atoms with Crippen molar-refractivity contribution in [2.75, 3.05) is 0 Å². The van der Waals surface area contributed by atoms with E-state index >= 15 is 0 Å². The number of aryl methyl sites for hydroxylation is 2. The molecule has 0 aliphatic heterocycles. The molecule has 19 heavy (non-hydrogen) atoms. The fourth-order valence-corrected chi connectivity index (χ4v) is 2.70. The maximum Gasteiger partial charge on any atom is 0.127 e. The van der Waals surface area contributed by atoms with E-state index in [2.05, 4.69) is 0 Å². The van der Waals surface area contributed by atoms with Crippen LogP contribution in [0.1, 0.15) is 28.3 Å². The van der Waals surface area contributed by atoms with Crippen molar-refractivity contribution in [3.05, 3.63) is 69.5 Å². The lowest BCUT2D eigenvalue weighted by Gasteiger charge is -2.18. The van der Waals surface area contributed by atoms with Gasteiger partial charge in [-0.1, -0.05) is 35.9 Å². The molecule has 1 nitrogen and oxygen atoms in total. The van der Waals surface area contributed by atoms with Gasteiger partial charge in [0.15, 0.2) is 0 Å². The normalized spacial score (nSPS) is 12.5. The Hall–Kier alpha value is -1.38. The molecular weight excluding hydrogens is 261 g/mol. The van der Waals surface area contributed by atoms with Crippen LogP contribution in [0.15, 0.2) is 36.4 Å². The van der Waals surface area contributed by atoms with E-state index in [1.165, 1.54) is 6.07 Å². The number of nitrogens with two attached hydrogens (primary N) is 1. The first-order chi connectivity index (χ1) is 9.00. The summed E-state index contributed by atoms with van der Waals surface area (Å²) < 4.78 is 13.8. The highest BCUT2D eigenvalue weighted by Gasteiger charge is 2.16. The minimum Gasteiger partial charge on any atom is -0.324 e. The molecule has 0 amide bonds. The van der Waals surface area contributed by atoms with E-state index in [9.17, 15) is 4.39 Å². The van der Waals surface area contributed by atoms with Crippen LogP contribution in [0.3, 0.4) is 0 Å². The van der Waals surface area contributed by atoms with Crippen molar-refractivity contribution >= 4 is 11.6 Å². The molecule has 1 unspecified atom stereocenters. The average Bonchev–Trinajstić information content (AvgIpc) is 2.34. The van der Waals surface area contributed by atoms with Crippen LogP contribution in [0, 0.1) is 19.7 Å². The molecule has 2 aromatic carbocycles. The number of benzene rings is 2. The Labute approximate surface area is 118 Å². The molecule has 0 aliphatic carbocycles. The van der Waals surface area contributed by atoms with Gasteiger partial charge in [-0.3, -0.25) is 0 Å². The van der Waals surface area contributed by atoms with E-state index in [4.69, 9.17) is 17.3 Å². The molecule has 0 aliphatic rings. The summed E-state index contributed by atoms with van der Waals surface area (Å²) in [5, 5.41) is 0.432. The van der Waals surface area contributed by atoms with E-state index in [-0.39, 0.29) is 11.9 Å². The molecule has 2 aromatic rings. The van der Waals surface area contributed by atoms with Crippen molar-refractivity contribution in [3.8, 4) is 0 Å². The summed E-state index contributed by atoms with van der Waals surface area (Å²) in [6, 6.07) is 10.5. The highest BCUT2D eigenvalue weighted by atomic mass is 35.5. The third-order valence-electron chi connectivity index (χ3n) is 3.40. The van der Waals surface area contributed by atoms with Gasteiger partial charge >= 0.3 is 0 Å². The summed E-state index contributed by atoms with van der Waals surface area (Å²) in [5.74, 6) is -0.297. The van der Waals surface area contributed by atoms with Crippen molar-refractivity contribution in [2.45, 2.75) is 26.3 Å². The second kappa shape index (κ2) is 5.72. The summed E-state index contributed by atoms with van der Waals surface area (Å²) in [6.07, 6.45) is 0.400. The van der Waals surface area contributed by atoms with Crippen LogP contribution in [-0.2, 0) is 6.42 Å². The predicted octanol–water partition coefficient (Wildman–Crippen LogP) is 4.34. The summed E-state index contributed by atoms with van der Waals surface area (Å²) in [6.45, 7) is 4.04. The van der Waals surface area contributed by atoms with Gasteiger partial charge in [0.05, 0.1) is 0 Å². The lowest BCUT2D eigenvalue weighted by molar-refractivity contribution is 0.592. The Bertz CT molecular complexity index is 555. The Kier molecular flexibility index (Phi) is 4.23. The number of hydrogen-bond acceptors (Lipinski definition) is 1. The molecule has 0 radical (unpaired) electrons. The van der Waals surface area contributed by atoms with Gasteiger partial charge in [-0.25, -0.2) is 4.39 Å². The van der Waals surface area contributed by atoms with Crippen LogP contribution >= 0.6 is 11.6 Å². The van der Waals surface area contributed by atoms with Gasteiger partial charge < -0.3 is 5.73 Å². The van der Waals surface area contributed by atoms with Crippen LogP contribution in [0.4, 0.5) is 4.39 Å². The zero-order valence-corrected chi connectivity index (χ0v) is 11.8. The fourth-order valence-electron chi connectivity index (χ4n) is 2.46. The zero-order chi connectivity index (χ0) is 14.0. The van der Waals surface area contributed by atoms with E-state index in [0.29, 0.717) is 17.0 Å². The minimum absolute atomic E-state index is 0.254. The van der Waals surface area contributed by atoms with Gasteiger partial charge in [-0.2, -0.15) is 0 Å². The molecule has 0 fully saturated rings. The molecule has 0 heterocycles. The molecule has 0 saturated carbocycles. The molecule has 0 aromatic heterocycles. The predicted molar refractivity (Wildman–Crippen MR) is 78.0 cm³/mol. The summed E-state index contributed by atoms with van der Waals surface area (Å²) >= 11 is 6.05. The first kappa shape index (κ1) is 14.0. The highest BCUT2D eigenvalue weighted by molar-refractivity contribution is 6.31. The average molecular weight is 278 g/mol. The standard InChI is InChI=1S/C16H17ClFN/c1-10-5-3-6-11(2)16(10)15(19)9-12-13(17)7-4-8-14(12)18/h3-8,15H,9,19H2,1-2H3. The van der Waals surface area contributed by atoms with Gasteiger partial charge in [-0.15, -0.1) is 0 Å². The van der Waals surface area contributed by atoms with E-state index in [0.717, 1.165) is 16.7 Å². The van der Waals surface area contributed by atoms with Gasteiger partial charge in [0.25, 0.3) is 0 Å². The lowest BCUT2D eigenvalue weighted by atomic mass is 9.92. The van der Waals surface area contributed by atoms with Crippen LogP contribution in [0.25, 0.3) is 0 Å². The van der Waals surface area contributed by atoms with E-state index < -0.39 is 0 Å². The van der Waals surface area contributed by atoms with Crippen molar-refractivity contribution in [1.29, 1.82) is 0 Å². The van der Waals surface area contributed by atoms with Crippen LogP contribution in [0.5, 0.6) is 0 Å². The maximum atomic E-state index is 13.8. The topological polar surface area (TPSA) is 26.0 Å². The van der Waals surface area contributed by atoms with Crippen molar-refractivity contribution in [2.24, 2.45) is 5.73 Å². The molecule has 100 valence electrons. The third kappa shape index (κ3) is 2.96. The molecule has 0 bridgehead atoms. The fraction of sp³-hybridized carbons (Fsp3) is 0.250. The van der Waals surface area contributed by atoms with Gasteiger partial charge in [0, 0.05) is 16.6 Å². The van der Waals surface area contributed by atoms with Crippen molar-refractivity contribution in [3.63, 3.8) is 0 Å². The smallest absolute Gasteiger partial charge is 0.127 e. The SMILES string of the molecule is Cc1cccc(C)c1C(N)Cc1c(F)cccc1Cl. The van der Waals surface area contributed by atoms with Gasteiger partial charge in [0.1, 0.15) is 5.82 Å². The summed E-state index contributed by atoms with van der Waals surface area (Å²) in [4.78, 5) is 0. The second-order valence-electron chi connectivity index (χ2n) is 4.82. The molecule has 3 heteroatoms. The summed E-state index contributed by atoms with van der Waals surface area (Å²) in [5.41, 5.74) is 10.0. The lowest BCUT2D eigenvalue weighted by Crippen LogP contribution is -2.17. The molecule has 0 spiro atoms. The van der Waals surface area contributed by atoms with Gasteiger partial charge in [0.2, 0.25) is 0 Å². The maximum absolute atomic E-state index is 13.8. The molecule has 1 atom stereocenters. The first-order valence-corrected chi connectivity index (χ1v) is 6.63. The van der Waals surface area contributed by atoms with Crippen LogP contribution < -0.4 is 5.73 Å². The second-order valence-corrected chi connectivity index (χ2v) is 5.22. The number of halogens is 2. The monoisotopic (exact) mass is 277 g/mol. The molecule has 2 N–H and O–H groups in total.